The zero-order chi connectivity index (χ0) is 21.2. The van der Waals surface area contributed by atoms with Gasteiger partial charge in [-0.15, -0.1) is 0 Å². The average Bonchev–Trinajstić information content (AvgIpc) is 3.04. The Balaban J connectivity index is 1.74. The molecule has 0 bridgehead atoms. The van der Waals surface area contributed by atoms with Crippen LogP contribution in [0.5, 0.6) is 5.75 Å². The van der Waals surface area contributed by atoms with Crippen LogP contribution in [0.25, 0.3) is 5.57 Å². The average molecular weight is 419 g/mol. The lowest BCUT2D eigenvalue weighted by atomic mass is 9.88. The summed E-state index contributed by atoms with van der Waals surface area (Å²) in [5.41, 5.74) is 2.15. The first-order valence-corrected chi connectivity index (χ1v) is 10.6. The number of amides is 2. The van der Waals surface area contributed by atoms with Gasteiger partial charge in [0, 0.05) is 17.9 Å². The molecular weight excluding hydrogens is 392 g/mol. The molecule has 156 valence electrons. The van der Waals surface area contributed by atoms with Crippen LogP contribution in [-0.4, -0.2) is 59.6 Å². The first kappa shape index (κ1) is 21.2. The molecule has 2 aliphatic heterocycles. The fourth-order valence-corrected chi connectivity index (χ4v) is 4.52. The van der Waals surface area contributed by atoms with E-state index < -0.39 is 11.5 Å². The fourth-order valence-electron chi connectivity index (χ4n) is 3.70. The van der Waals surface area contributed by atoms with Crippen LogP contribution in [0.15, 0.2) is 24.3 Å². The van der Waals surface area contributed by atoms with E-state index in [1.54, 1.807) is 4.90 Å². The molecule has 0 spiro atoms. The topological polar surface area (TPSA) is 76.2 Å². The SMILES string of the molecule is CCOc1ccc2c(c1)C(C)=CC(C)(C)N2C(=O)COC(=O)CN1CCSC1=O. The fraction of sp³-hybridized carbons (Fsp3) is 0.476. The van der Waals surface area contributed by atoms with Crippen LogP contribution < -0.4 is 9.64 Å². The molecule has 0 unspecified atom stereocenters. The van der Waals surface area contributed by atoms with Gasteiger partial charge in [-0.3, -0.25) is 19.3 Å². The summed E-state index contributed by atoms with van der Waals surface area (Å²) in [6, 6.07) is 5.61. The summed E-state index contributed by atoms with van der Waals surface area (Å²) >= 11 is 1.18. The minimum Gasteiger partial charge on any atom is -0.494 e. The van der Waals surface area contributed by atoms with Crippen LogP contribution in [0, 0.1) is 0 Å². The van der Waals surface area contributed by atoms with Crippen molar-refractivity contribution in [2.24, 2.45) is 0 Å². The molecule has 0 atom stereocenters. The van der Waals surface area contributed by atoms with Crippen molar-refractivity contribution in [3.8, 4) is 5.75 Å². The first-order chi connectivity index (χ1) is 13.7. The van der Waals surface area contributed by atoms with E-state index >= 15 is 0 Å². The first-order valence-electron chi connectivity index (χ1n) is 9.60. The highest BCUT2D eigenvalue weighted by atomic mass is 32.2. The summed E-state index contributed by atoms with van der Waals surface area (Å²) in [7, 11) is 0. The number of carbonyl (C=O) groups is 3. The number of ether oxygens (including phenoxy) is 2. The quantitative estimate of drug-likeness (QED) is 0.660. The number of allylic oxidation sites excluding steroid dienone is 1. The largest absolute Gasteiger partial charge is 0.494 e. The van der Waals surface area contributed by atoms with Gasteiger partial charge in [-0.05, 0) is 51.5 Å². The predicted octanol–water partition coefficient (Wildman–Crippen LogP) is 3.33. The minimum absolute atomic E-state index is 0.129. The van der Waals surface area contributed by atoms with Crippen molar-refractivity contribution in [2.45, 2.75) is 33.2 Å². The van der Waals surface area contributed by atoms with Crippen molar-refractivity contribution >= 4 is 40.1 Å². The number of rotatable bonds is 6. The number of esters is 1. The highest BCUT2D eigenvalue weighted by Gasteiger charge is 2.36. The Morgan fingerprint density at radius 2 is 2.03 bits per heavy atom. The second-order valence-electron chi connectivity index (χ2n) is 7.52. The van der Waals surface area contributed by atoms with Crippen molar-refractivity contribution in [2.75, 3.05) is 37.0 Å². The van der Waals surface area contributed by atoms with E-state index in [4.69, 9.17) is 9.47 Å². The van der Waals surface area contributed by atoms with Crippen LogP contribution in [-0.2, 0) is 14.3 Å². The highest BCUT2D eigenvalue weighted by molar-refractivity contribution is 8.13. The van der Waals surface area contributed by atoms with Crippen LogP contribution >= 0.6 is 11.8 Å². The van der Waals surface area contributed by atoms with Gasteiger partial charge in [0.2, 0.25) is 0 Å². The number of anilines is 1. The second kappa shape index (κ2) is 8.49. The van der Waals surface area contributed by atoms with E-state index in [1.165, 1.54) is 16.7 Å². The van der Waals surface area contributed by atoms with Gasteiger partial charge < -0.3 is 14.4 Å². The number of thioether (sulfide) groups is 1. The molecule has 0 saturated carbocycles. The van der Waals surface area contributed by atoms with Crippen LogP contribution in [0.4, 0.5) is 10.5 Å². The van der Waals surface area contributed by atoms with Crippen molar-refractivity contribution in [1.29, 1.82) is 0 Å². The van der Waals surface area contributed by atoms with Gasteiger partial charge in [0.15, 0.2) is 6.61 Å². The second-order valence-corrected chi connectivity index (χ2v) is 8.56. The Labute approximate surface area is 175 Å². The zero-order valence-electron chi connectivity index (χ0n) is 17.2. The molecule has 2 heterocycles. The Hall–Kier alpha value is -2.48. The van der Waals surface area contributed by atoms with E-state index in [1.807, 2.05) is 52.0 Å². The Morgan fingerprint density at radius 3 is 2.69 bits per heavy atom. The van der Waals surface area contributed by atoms with Crippen molar-refractivity contribution in [3.63, 3.8) is 0 Å². The predicted molar refractivity (Wildman–Crippen MR) is 113 cm³/mol. The molecule has 1 saturated heterocycles. The molecule has 2 aliphatic rings. The third-order valence-corrected chi connectivity index (χ3v) is 5.75. The number of hydrogen-bond donors (Lipinski definition) is 0. The number of carbonyl (C=O) groups excluding carboxylic acids is 3. The molecule has 0 radical (unpaired) electrons. The summed E-state index contributed by atoms with van der Waals surface area (Å²) in [6.45, 7) is 8.38. The summed E-state index contributed by atoms with van der Waals surface area (Å²) < 4.78 is 10.8. The van der Waals surface area contributed by atoms with Gasteiger partial charge in [0.25, 0.3) is 11.1 Å². The molecule has 0 N–H and O–H groups in total. The minimum atomic E-state index is -0.581. The number of benzene rings is 1. The molecule has 3 rings (SSSR count). The van der Waals surface area contributed by atoms with Gasteiger partial charge in [0.05, 0.1) is 17.8 Å². The van der Waals surface area contributed by atoms with E-state index in [-0.39, 0.29) is 24.3 Å². The lowest BCUT2D eigenvalue weighted by Gasteiger charge is -2.41. The van der Waals surface area contributed by atoms with Gasteiger partial charge in [-0.25, -0.2) is 0 Å². The molecule has 7 nitrogen and oxygen atoms in total. The lowest BCUT2D eigenvalue weighted by molar-refractivity contribution is -0.148. The van der Waals surface area contributed by atoms with E-state index in [0.717, 1.165) is 22.6 Å². The maximum Gasteiger partial charge on any atom is 0.326 e. The van der Waals surface area contributed by atoms with Gasteiger partial charge in [-0.2, -0.15) is 0 Å². The summed E-state index contributed by atoms with van der Waals surface area (Å²) in [5, 5.41) is -0.134. The smallest absolute Gasteiger partial charge is 0.326 e. The standard InChI is InChI=1S/C21H26N2O5S/c1-5-27-15-6-7-17-16(10-15)14(2)11-21(3,4)23(17)18(24)13-28-19(25)12-22-8-9-29-20(22)26/h6-7,10-11H,5,8-9,12-13H2,1-4H3. The molecule has 1 fully saturated rings. The summed E-state index contributed by atoms with van der Waals surface area (Å²) in [4.78, 5) is 39.8. The van der Waals surface area contributed by atoms with Crippen molar-refractivity contribution in [1.82, 2.24) is 4.90 Å². The number of nitrogens with zero attached hydrogens (tertiary/aromatic N) is 2. The zero-order valence-corrected chi connectivity index (χ0v) is 18.0. The van der Waals surface area contributed by atoms with Crippen LogP contribution in [0.3, 0.4) is 0 Å². The van der Waals surface area contributed by atoms with Crippen LogP contribution in [0.2, 0.25) is 0 Å². The molecule has 0 aliphatic carbocycles. The third kappa shape index (κ3) is 4.58. The van der Waals surface area contributed by atoms with Gasteiger partial charge in [0.1, 0.15) is 12.3 Å². The summed E-state index contributed by atoms with van der Waals surface area (Å²) in [6.07, 6.45) is 2.02. The van der Waals surface area contributed by atoms with E-state index in [0.29, 0.717) is 18.9 Å². The Morgan fingerprint density at radius 1 is 1.28 bits per heavy atom. The molecule has 0 aromatic heterocycles. The third-order valence-electron chi connectivity index (χ3n) is 4.86. The van der Waals surface area contributed by atoms with E-state index in [9.17, 15) is 14.4 Å². The van der Waals surface area contributed by atoms with Crippen molar-refractivity contribution < 1.29 is 23.9 Å². The number of fused-ring (bicyclic) bond motifs is 1. The maximum atomic E-state index is 13.0. The lowest BCUT2D eigenvalue weighted by Crippen LogP contribution is -2.50. The molecular formula is C21H26N2O5S. The number of hydrogen-bond acceptors (Lipinski definition) is 6. The van der Waals surface area contributed by atoms with Crippen LogP contribution in [0.1, 0.15) is 33.3 Å². The van der Waals surface area contributed by atoms with E-state index in [2.05, 4.69) is 0 Å². The Bertz CT molecular complexity index is 865. The Kier molecular flexibility index (Phi) is 6.21. The molecule has 8 heteroatoms. The van der Waals surface area contributed by atoms with Gasteiger partial charge >= 0.3 is 5.97 Å². The molecule has 29 heavy (non-hydrogen) atoms. The maximum absolute atomic E-state index is 13.0. The highest BCUT2D eigenvalue weighted by Crippen LogP contribution is 2.40. The normalized spacial score (nSPS) is 17.7. The molecule has 1 aromatic carbocycles. The molecule has 1 aromatic rings. The van der Waals surface area contributed by atoms with Crippen molar-refractivity contribution in [3.05, 3.63) is 29.8 Å². The van der Waals surface area contributed by atoms with Gasteiger partial charge in [-0.1, -0.05) is 17.8 Å². The summed E-state index contributed by atoms with van der Waals surface area (Å²) in [5.74, 6) is 0.507. The monoisotopic (exact) mass is 418 g/mol. The molecule has 2 amide bonds.